The molecule has 3 N–H and O–H groups in total. The van der Waals surface area contributed by atoms with Crippen LogP contribution in [0.3, 0.4) is 0 Å². The van der Waals surface area contributed by atoms with Crippen molar-refractivity contribution in [3.8, 4) is 0 Å². The van der Waals surface area contributed by atoms with Crippen molar-refractivity contribution in [3.63, 3.8) is 0 Å². The van der Waals surface area contributed by atoms with Gasteiger partial charge in [-0.15, -0.1) is 0 Å². The van der Waals surface area contributed by atoms with E-state index in [2.05, 4.69) is 26.2 Å². The minimum atomic E-state index is -0.0517. The van der Waals surface area contributed by atoms with E-state index in [1.54, 1.807) is 12.3 Å². The third kappa shape index (κ3) is 4.06. The van der Waals surface area contributed by atoms with Crippen molar-refractivity contribution in [3.05, 3.63) is 52.6 Å². The van der Waals surface area contributed by atoms with E-state index in [4.69, 9.17) is 5.73 Å². The van der Waals surface area contributed by atoms with Crippen LogP contribution >= 0.6 is 15.9 Å². The van der Waals surface area contributed by atoms with Gasteiger partial charge in [-0.2, -0.15) is 0 Å². The Labute approximate surface area is 126 Å². The van der Waals surface area contributed by atoms with E-state index in [0.717, 1.165) is 15.7 Å². The molecule has 0 radical (unpaired) electrons. The Balaban J connectivity index is 1.93. The van der Waals surface area contributed by atoms with Crippen LogP contribution in [-0.2, 0) is 4.79 Å². The molecule has 1 heterocycles. The number of aromatic nitrogens is 1. The smallest absolute Gasteiger partial charge is 0.226 e. The van der Waals surface area contributed by atoms with Crippen molar-refractivity contribution < 1.29 is 4.79 Å². The Morgan fingerprint density at radius 2 is 2.00 bits per heavy atom. The molecule has 1 atom stereocenters. The second kappa shape index (κ2) is 6.52. The lowest BCUT2D eigenvalue weighted by atomic mass is 9.97. The summed E-state index contributed by atoms with van der Waals surface area (Å²) in [7, 11) is 0. The van der Waals surface area contributed by atoms with Gasteiger partial charge in [0.05, 0.1) is 0 Å². The molecule has 0 aliphatic heterocycles. The molecular formula is C15H16BrN3O. The van der Waals surface area contributed by atoms with Gasteiger partial charge in [-0.3, -0.25) is 4.79 Å². The first-order valence-corrected chi connectivity index (χ1v) is 7.11. The number of amides is 1. The monoisotopic (exact) mass is 333 g/mol. The van der Waals surface area contributed by atoms with Crippen molar-refractivity contribution >= 4 is 33.3 Å². The average molecular weight is 334 g/mol. The summed E-state index contributed by atoms with van der Waals surface area (Å²) in [6.45, 7) is 2.01. The maximum atomic E-state index is 12.0. The first-order chi connectivity index (χ1) is 9.54. The van der Waals surface area contributed by atoms with Crippen LogP contribution in [0.1, 0.15) is 24.8 Å². The lowest BCUT2D eigenvalue weighted by Crippen LogP contribution is -2.15. The number of rotatable bonds is 4. The predicted octanol–water partition coefficient (Wildman–Crippen LogP) is 3.56. The third-order valence-corrected chi connectivity index (χ3v) is 3.46. The van der Waals surface area contributed by atoms with Crippen LogP contribution in [-0.4, -0.2) is 10.9 Å². The third-order valence-electron chi connectivity index (χ3n) is 2.99. The Kier molecular flexibility index (Phi) is 4.74. The highest BCUT2D eigenvalue weighted by molar-refractivity contribution is 9.10. The maximum Gasteiger partial charge on any atom is 0.226 e. The summed E-state index contributed by atoms with van der Waals surface area (Å²) in [4.78, 5) is 16.1. The zero-order valence-corrected chi connectivity index (χ0v) is 12.7. The molecule has 1 aromatic carbocycles. The SMILES string of the molecule is CC(CC(=O)Nc1ccc(Br)cn1)c1ccc(N)cc1. The second-order valence-corrected chi connectivity index (χ2v) is 5.60. The van der Waals surface area contributed by atoms with Crippen LogP contribution in [0.15, 0.2) is 47.1 Å². The molecule has 1 unspecified atom stereocenters. The first kappa shape index (κ1) is 14.5. The summed E-state index contributed by atoms with van der Waals surface area (Å²) in [5.41, 5.74) is 7.47. The van der Waals surface area contributed by atoms with Crippen molar-refractivity contribution in [2.45, 2.75) is 19.3 Å². The highest BCUT2D eigenvalue weighted by atomic mass is 79.9. The molecule has 20 heavy (non-hydrogen) atoms. The summed E-state index contributed by atoms with van der Waals surface area (Å²) in [6, 6.07) is 11.2. The number of benzene rings is 1. The minimum absolute atomic E-state index is 0.0517. The molecule has 0 saturated carbocycles. The average Bonchev–Trinajstić information content (AvgIpc) is 2.42. The van der Waals surface area contributed by atoms with Crippen molar-refractivity contribution in [2.75, 3.05) is 11.1 Å². The fourth-order valence-corrected chi connectivity index (χ4v) is 2.10. The van der Waals surface area contributed by atoms with E-state index < -0.39 is 0 Å². The van der Waals surface area contributed by atoms with Crippen LogP contribution < -0.4 is 11.1 Å². The van der Waals surface area contributed by atoms with Crippen molar-refractivity contribution in [1.29, 1.82) is 0 Å². The van der Waals surface area contributed by atoms with Crippen LogP contribution in [0.2, 0.25) is 0 Å². The number of pyridine rings is 1. The zero-order valence-electron chi connectivity index (χ0n) is 11.1. The number of halogens is 1. The number of anilines is 2. The Morgan fingerprint density at radius 3 is 2.60 bits per heavy atom. The van der Waals surface area contributed by atoms with E-state index in [1.807, 2.05) is 37.3 Å². The van der Waals surface area contributed by atoms with Gasteiger partial charge in [0.2, 0.25) is 5.91 Å². The van der Waals surface area contributed by atoms with Gasteiger partial charge in [-0.05, 0) is 51.7 Å². The molecular weight excluding hydrogens is 318 g/mol. The Morgan fingerprint density at radius 1 is 1.30 bits per heavy atom. The number of carbonyl (C=O) groups excluding carboxylic acids is 1. The molecule has 1 aromatic heterocycles. The lowest BCUT2D eigenvalue weighted by Gasteiger charge is -2.12. The number of nitrogens with one attached hydrogen (secondary N) is 1. The molecule has 1 amide bonds. The molecule has 104 valence electrons. The minimum Gasteiger partial charge on any atom is -0.399 e. The van der Waals surface area contributed by atoms with Crippen LogP contribution in [0.25, 0.3) is 0 Å². The lowest BCUT2D eigenvalue weighted by molar-refractivity contribution is -0.116. The molecule has 0 spiro atoms. The fraction of sp³-hybridized carbons (Fsp3) is 0.200. The summed E-state index contributed by atoms with van der Waals surface area (Å²) in [5, 5.41) is 2.79. The van der Waals surface area contributed by atoms with Gasteiger partial charge in [0.25, 0.3) is 0 Å². The molecule has 5 heteroatoms. The summed E-state index contributed by atoms with van der Waals surface area (Å²) in [5.74, 6) is 0.637. The predicted molar refractivity (Wildman–Crippen MR) is 84.5 cm³/mol. The standard InChI is InChI=1S/C15H16BrN3O/c1-10(11-2-5-13(17)6-3-11)8-15(20)19-14-7-4-12(16)9-18-14/h2-7,9-10H,8,17H2,1H3,(H,18,19,20). The maximum absolute atomic E-state index is 12.0. The number of carbonyl (C=O) groups is 1. The largest absolute Gasteiger partial charge is 0.399 e. The molecule has 0 bridgehead atoms. The van der Waals surface area contributed by atoms with Gasteiger partial charge in [-0.25, -0.2) is 4.98 Å². The van der Waals surface area contributed by atoms with Crippen LogP contribution in [0.4, 0.5) is 11.5 Å². The summed E-state index contributed by atoms with van der Waals surface area (Å²) >= 11 is 3.30. The molecule has 0 saturated heterocycles. The van der Waals surface area contributed by atoms with E-state index in [0.29, 0.717) is 12.2 Å². The normalized spacial score (nSPS) is 11.9. The number of nitrogen functional groups attached to an aromatic ring is 1. The van der Waals surface area contributed by atoms with Crippen LogP contribution in [0.5, 0.6) is 0 Å². The Hall–Kier alpha value is -1.88. The fourth-order valence-electron chi connectivity index (χ4n) is 1.86. The van der Waals surface area contributed by atoms with E-state index in [1.165, 1.54) is 0 Å². The van der Waals surface area contributed by atoms with Gasteiger partial charge in [-0.1, -0.05) is 19.1 Å². The second-order valence-electron chi connectivity index (χ2n) is 4.68. The number of nitrogens with two attached hydrogens (primary N) is 1. The van der Waals surface area contributed by atoms with Gasteiger partial charge in [0, 0.05) is 22.8 Å². The highest BCUT2D eigenvalue weighted by Crippen LogP contribution is 2.20. The zero-order chi connectivity index (χ0) is 14.5. The molecule has 4 nitrogen and oxygen atoms in total. The van der Waals surface area contributed by atoms with Gasteiger partial charge in [0.1, 0.15) is 5.82 Å². The molecule has 2 rings (SSSR count). The molecule has 2 aromatic rings. The number of hydrogen-bond donors (Lipinski definition) is 2. The number of nitrogens with zero attached hydrogens (tertiary/aromatic N) is 1. The summed E-state index contributed by atoms with van der Waals surface area (Å²) in [6.07, 6.45) is 2.06. The summed E-state index contributed by atoms with van der Waals surface area (Å²) < 4.78 is 0.880. The van der Waals surface area contributed by atoms with Crippen LogP contribution in [0, 0.1) is 0 Å². The van der Waals surface area contributed by atoms with E-state index in [-0.39, 0.29) is 11.8 Å². The molecule has 0 aliphatic carbocycles. The van der Waals surface area contributed by atoms with E-state index in [9.17, 15) is 4.79 Å². The first-order valence-electron chi connectivity index (χ1n) is 6.31. The number of hydrogen-bond acceptors (Lipinski definition) is 3. The van der Waals surface area contributed by atoms with Gasteiger partial charge in [0.15, 0.2) is 0 Å². The van der Waals surface area contributed by atoms with E-state index >= 15 is 0 Å². The highest BCUT2D eigenvalue weighted by Gasteiger charge is 2.11. The Bertz CT molecular complexity index is 581. The van der Waals surface area contributed by atoms with Crippen molar-refractivity contribution in [1.82, 2.24) is 4.98 Å². The molecule has 0 fully saturated rings. The van der Waals surface area contributed by atoms with Gasteiger partial charge >= 0.3 is 0 Å². The van der Waals surface area contributed by atoms with Gasteiger partial charge < -0.3 is 11.1 Å². The quantitative estimate of drug-likeness (QED) is 0.840. The topological polar surface area (TPSA) is 68.0 Å². The van der Waals surface area contributed by atoms with Crippen molar-refractivity contribution in [2.24, 2.45) is 0 Å². The molecule has 0 aliphatic rings.